The van der Waals surface area contributed by atoms with Crippen LogP contribution in [0.4, 0.5) is 0 Å². The summed E-state index contributed by atoms with van der Waals surface area (Å²) >= 11 is 0. The number of amides is 1. The Labute approximate surface area is 95.7 Å². The van der Waals surface area contributed by atoms with E-state index in [1.54, 1.807) is 0 Å². The fraction of sp³-hybridized carbons (Fsp3) is 0.889. The Balaban J connectivity index is 0.00000112. The molecule has 2 heterocycles. The predicted molar refractivity (Wildman–Crippen MR) is 59.2 cm³/mol. The van der Waals surface area contributed by atoms with Gasteiger partial charge >= 0.3 is 0 Å². The quantitative estimate of drug-likeness (QED) is 0.571. The summed E-state index contributed by atoms with van der Waals surface area (Å²) in [6, 6.07) is 0. The Morgan fingerprint density at radius 2 is 2.13 bits per heavy atom. The third-order valence-electron chi connectivity index (χ3n) is 2.65. The zero-order valence-electron chi connectivity index (χ0n) is 8.62. The zero-order chi connectivity index (χ0) is 9.80. The van der Waals surface area contributed by atoms with Crippen molar-refractivity contribution in [3.8, 4) is 0 Å². The van der Waals surface area contributed by atoms with Crippen LogP contribution in [0, 0.1) is 5.92 Å². The lowest BCUT2D eigenvalue weighted by Gasteiger charge is -2.28. The molecule has 6 heteroatoms. The van der Waals surface area contributed by atoms with Crippen molar-refractivity contribution < 1.29 is 9.53 Å². The lowest BCUT2D eigenvalue weighted by Crippen LogP contribution is -2.52. The lowest BCUT2D eigenvalue weighted by atomic mass is 10.0. The van der Waals surface area contributed by atoms with Crippen molar-refractivity contribution in [1.82, 2.24) is 16.0 Å². The second kappa shape index (κ2) is 6.27. The average Bonchev–Trinajstić information content (AvgIpc) is 2.16. The van der Waals surface area contributed by atoms with Crippen molar-refractivity contribution in [2.75, 3.05) is 39.3 Å². The van der Waals surface area contributed by atoms with E-state index in [1.165, 1.54) is 0 Å². The van der Waals surface area contributed by atoms with Crippen LogP contribution in [0.1, 0.15) is 0 Å². The fourth-order valence-electron chi connectivity index (χ4n) is 1.59. The Morgan fingerprint density at radius 3 is 2.67 bits per heavy atom. The van der Waals surface area contributed by atoms with Crippen LogP contribution in [0.3, 0.4) is 0 Å². The number of carbonyl (C=O) groups excluding carboxylic acids is 1. The molecule has 1 amide bonds. The van der Waals surface area contributed by atoms with Gasteiger partial charge in [0.15, 0.2) is 0 Å². The molecule has 2 fully saturated rings. The lowest BCUT2D eigenvalue weighted by molar-refractivity contribution is -0.134. The van der Waals surface area contributed by atoms with Crippen LogP contribution < -0.4 is 16.0 Å². The summed E-state index contributed by atoms with van der Waals surface area (Å²) in [7, 11) is 0. The molecule has 2 saturated heterocycles. The number of rotatable bonds is 3. The van der Waals surface area contributed by atoms with E-state index in [0.29, 0.717) is 19.1 Å². The van der Waals surface area contributed by atoms with Gasteiger partial charge in [-0.1, -0.05) is 0 Å². The minimum absolute atomic E-state index is 0. The van der Waals surface area contributed by atoms with Gasteiger partial charge in [0.2, 0.25) is 5.91 Å². The molecule has 2 aliphatic rings. The van der Waals surface area contributed by atoms with Crippen LogP contribution in [-0.4, -0.2) is 51.3 Å². The number of morpholine rings is 1. The molecular formula is C9H18ClN3O2. The molecule has 15 heavy (non-hydrogen) atoms. The van der Waals surface area contributed by atoms with E-state index >= 15 is 0 Å². The number of hydrogen-bond donors (Lipinski definition) is 3. The topological polar surface area (TPSA) is 62.4 Å². The highest BCUT2D eigenvalue weighted by atomic mass is 35.5. The second-order valence-corrected chi connectivity index (χ2v) is 3.83. The first-order chi connectivity index (χ1) is 6.86. The van der Waals surface area contributed by atoms with Crippen molar-refractivity contribution in [1.29, 1.82) is 0 Å². The van der Waals surface area contributed by atoms with Gasteiger partial charge in [-0.05, 0) is 0 Å². The van der Waals surface area contributed by atoms with E-state index < -0.39 is 0 Å². The molecule has 0 spiro atoms. The molecule has 0 unspecified atom stereocenters. The number of ether oxygens (including phenoxy) is 1. The smallest absolute Gasteiger partial charge is 0.250 e. The Kier molecular flexibility index (Phi) is 5.31. The number of hydrogen-bond acceptors (Lipinski definition) is 4. The monoisotopic (exact) mass is 235 g/mol. The number of carbonyl (C=O) groups is 1. The zero-order valence-corrected chi connectivity index (χ0v) is 9.44. The van der Waals surface area contributed by atoms with Gasteiger partial charge in [-0.3, -0.25) is 4.79 Å². The van der Waals surface area contributed by atoms with Gasteiger partial charge in [0, 0.05) is 38.6 Å². The van der Waals surface area contributed by atoms with Crippen molar-refractivity contribution >= 4 is 18.3 Å². The van der Waals surface area contributed by atoms with E-state index in [-0.39, 0.29) is 24.4 Å². The Bertz CT molecular complexity index is 206. The van der Waals surface area contributed by atoms with Crippen LogP contribution in [0.15, 0.2) is 0 Å². The van der Waals surface area contributed by atoms with Crippen LogP contribution >= 0.6 is 12.4 Å². The fourth-order valence-corrected chi connectivity index (χ4v) is 1.59. The van der Waals surface area contributed by atoms with Crippen molar-refractivity contribution in [2.24, 2.45) is 5.92 Å². The molecule has 0 radical (unpaired) electrons. The summed E-state index contributed by atoms with van der Waals surface area (Å²) < 4.78 is 5.33. The third kappa shape index (κ3) is 3.61. The molecule has 5 nitrogen and oxygen atoms in total. The summed E-state index contributed by atoms with van der Waals surface area (Å²) in [6.07, 6.45) is -0.295. The molecule has 2 aliphatic heterocycles. The molecule has 88 valence electrons. The molecule has 0 aliphatic carbocycles. The molecule has 0 aromatic carbocycles. The molecule has 0 saturated carbocycles. The summed E-state index contributed by atoms with van der Waals surface area (Å²) in [5.74, 6) is 0.625. The number of halogens is 1. The highest BCUT2D eigenvalue weighted by Gasteiger charge is 2.23. The predicted octanol–water partition coefficient (Wildman–Crippen LogP) is -1.27. The summed E-state index contributed by atoms with van der Waals surface area (Å²) in [5.41, 5.74) is 0. The van der Waals surface area contributed by atoms with E-state index in [1.807, 2.05) is 0 Å². The molecule has 1 atom stereocenters. The van der Waals surface area contributed by atoms with Gasteiger partial charge in [-0.2, -0.15) is 0 Å². The maximum absolute atomic E-state index is 11.5. The maximum atomic E-state index is 11.5. The first kappa shape index (κ1) is 12.7. The second-order valence-electron chi connectivity index (χ2n) is 3.83. The van der Waals surface area contributed by atoms with Gasteiger partial charge in [-0.15, -0.1) is 12.4 Å². The van der Waals surface area contributed by atoms with E-state index in [9.17, 15) is 4.79 Å². The van der Waals surface area contributed by atoms with Crippen molar-refractivity contribution in [2.45, 2.75) is 6.10 Å². The highest BCUT2D eigenvalue weighted by molar-refractivity contribution is 5.85. The molecule has 3 N–H and O–H groups in total. The number of nitrogens with one attached hydrogen (secondary N) is 3. The third-order valence-corrected chi connectivity index (χ3v) is 2.65. The molecule has 2 rings (SSSR count). The normalized spacial score (nSPS) is 26.3. The summed E-state index contributed by atoms with van der Waals surface area (Å²) in [5, 5.41) is 9.21. The first-order valence-corrected chi connectivity index (χ1v) is 5.17. The SMILES string of the molecule is Cl.O=C(NCC1CNC1)[C@H]1CNCCO1. The average molecular weight is 236 g/mol. The van der Waals surface area contributed by atoms with Crippen LogP contribution in [0.5, 0.6) is 0 Å². The maximum Gasteiger partial charge on any atom is 0.250 e. The van der Waals surface area contributed by atoms with Crippen molar-refractivity contribution in [3.63, 3.8) is 0 Å². The molecular weight excluding hydrogens is 218 g/mol. The molecule has 0 aromatic heterocycles. The first-order valence-electron chi connectivity index (χ1n) is 5.17. The van der Waals surface area contributed by atoms with E-state index in [4.69, 9.17) is 4.74 Å². The van der Waals surface area contributed by atoms with Crippen molar-refractivity contribution in [3.05, 3.63) is 0 Å². The Morgan fingerprint density at radius 1 is 1.33 bits per heavy atom. The largest absolute Gasteiger partial charge is 0.366 e. The highest BCUT2D eigenvalue weighted by Crippen LogP contribution is 2.01. The van der Waals surface area contributed by atoms with Crippen LogP contribution in [-0.2, 0) is 9.53 Å². The van der Waals surface area contributed by atoms with Gasteiger partial charge < -0.3 is 20.7 Å². The van der Waals surface area contributed by atoms with Gasteiger partial charge in [0.25, 0.3) is 0 Å². The van der Waals surface area contributed by atoms with Crippen LogP contribution in [0.2, 0.25) is 0 Å². The van der Waals surface area contributed by atoms with Gasteiger partial charge in [0.05, 0.1) is 6.61 Å². The Hall–Kier alpha value is -0.360. The van der Waals surface area contributed by atoms with Crippen LogP contribution in [0.25, 0.3) is 0 Å². The molecule has 0 bridgehead atoms. The molecule has 0 aromatic rings. The van der Waals surface area contributed by atoms with Gasteiger partial charge in [0.1, 0.15) is 6.10 Å². The summed E-state index contributed by atoms with van der Waals surface area (Å²) in [4.78, 5) is 11.5. The van der Waals surface area contributed by atoms with E-state index in [2.05, 4.69) is 16.0 Å². The minimum Gasteiger partial charge on any atom is -0.366 e. The standard InChI is InChI=1S/C9H17N3O2.ClH/c13-9(8-6-10-1-2-14-8)12-5-7-3-11-4-7;/h7-8,10-11H,1-6H2,(H,12,13);1H/t8-;/m1./s1. The minimum atomic E-state index is -0.295. The van der Waals surface area contributed by atoms with Gasteiger partial charge in [-0.25, -0.2) is 0 Å². The van der Waals surface area contributed by atoms with E-state index in [0.717, 1.165) is 26.2 Å². The summed E-state index contributed by atoms with van der Waals surface area (Å²) in [6.45, 7) is 4.91.